The van der Waals surface area contributed by atoms with Crippen LogP contribution in [0.4, 0.5) is 0 Å². The summed E-state index contributed by atoms with van der Waals surface area (Å²) in [6.45, 7) is 3.16. The van der Waals surface area contributed by atoms with Crippen LogP contribution in [0.5, 0.6) is 5.75 Å². The monoisotopic (exact) mass is 336 g/mol. The number of ether oxygens (including phenoxy) is 2. The molecule has 1 unspecified atom stereocenters. The van der Waals surface area contributed by atoms with Gasteiger partial charge in [0.15, 0.2) is 0 Å². The Kier molecular flexibility index (Phi) is 7.41. The predicted octanol–water partition coefficient (Wildman–Crippen LogP) is 0.631. The maximum absolute atomic E-state index is 12.1. The van der Waals surface area contributed by atoms with Gasteiger partial charge in [0, 0.05) is 25.6 Å². The van der Waals surface area contributed by atoms with E-state index < -0.39 is 10.0 Å². The summed E-state index contributed by atoms with van der Waals surface area (Å²) in [4.78, 5) is 0.237. The molecule has 1 aliphatic heterocycles. The zero-order valence-electron chi connectivity index (χ0n) is 11.9. The van der Waals surface area contributed by atoms with Gasteiger partial charge < -0.3 is 14.8 Å². The fraction of sp³-hybridized carbons (Fsp3) is 0.538. The van der Waals surface area contributed by atoms with Gasteiger partial charge in [-0.15, -0.1) is 12.4 Å². The fourth-order valence-corrected chi connectivity index (χ4v) is 3.07. The standard InChI is InChI=1S/C13H20N2O4S.ClH/c1-18-12-2-4-13(5-3-12)20(16,17)15-9-11-8-14-6-7-19-10-11;/h2-5,11,14-15H,6-10H2,1H3;1H. The number of sulfonamides is 1. The third-order valence-corrected chi connectivity index (χ3v) is 4.58. The van der Waals surface area contributed by atoms with Crippen molar-refractivity contribution >= 4 is 22.4 Å². The van der Waals surface area contributed by atoms with Crippen LogP contribution in [-0.2, 0) is 14.8 Å². The van der Waals surface area contributed by atoms with E-state index in [1.54, 1.807) is 19.2 Å². The Bertz CT molecular complexity index is 513. The second-order valence-electron chi connectivity index (χ2n) is 4.67. The molecule has 1 heterocycles. The van der Waals surface area contributed by atoms with Crippen LogP contribution in [0.2, 0.25) is 0 Å². The smallest absolute Gasteiger partial charge is 0.240 e. The van der Waals surface area contributed by atoms with Crippen molar-refractivity contribution in [2.24, 2.45) is 5.92 Å². The van der Waals surface area contributed by atoms with Crippen LogP contribution in [0.25, 0.3) is 0 Å². The molecular weight excluding hydrogens is 316 g/mol. The van der Waals surface area contributed by atoms with Gasteiger partial charge in [-0.05, 0) is 24.3 Å². The van der Waals surface area contributed by atoms with Crippen molar-refractivity contribution in [1.29, 1.82) is 0 Å². The lowest BCUT2D eigenvalue weighted by Gasteiger charge is -2.15. The highest BCUT2D eigenvalue weighted by atomic mass is 35.5. The number of hydrogen-bond donors (Lipinski definition) is 2. The summed E-state index contributed by atoms with van der Waals surface area (Å²) in [6.07, 6.45) is 0. The van der Waals surface area contributed by atoms with Crippen molar-refractivity contribution in [3.05, 3.63) is 24.3 Å². The van der Waals surface area contributed by atoms with Crippen molar-refractivity contribution < 1.29 is 17.9 Å². The molecule has 0 aromatic heterocycles. The van der Waals surface area contributed by atoms with E-state index in [1.807, 2.05) is 0 Å². The molecule has 1 aliphatic rings. The molecule has 1 aromatic carbocycles. The molecule has 0 bridgehead atoms. The summed E-state index contributed by atoms with van der Waals surface area (Å²) < 4.78 is 37.3. The molecular formula is C13H21ClN2O4S. The van der Waals surface area contributed by atoms with E-state index in [1.165, 1.54) is 12.1 Å². The van der Waals surface area contributed by atoms with Gasteiger partial charge in [-0.3, -0.25) is 0 Å². The molecule has 1 saturated heterocycles. The largest absolute Gasteiger partial charge is 0.497 e. The summed E-state index contributed by atoms with van der Waals surface area (Å²) in [5, 5.41) is 3.21. The number of benzene rings is 1. The Balaban J connectivity index is 0.00000220. The molecule has 2 rings (SSSR count). The summed E-state index contributed by atoms with van der Waals surface area (Å²) in [6, 6.07) is 6.32. The molecule has 6 nitrogen and oxygen atoms in total. The lowest BCUT2D eigenvalue weighted by atomic mass is 10.2. The lowest BCUT2D eigenvalue weighted by Crippen LogP contribution is -2.35. The Hall–Kier alpha value is -0.860. The second kappa shape index (κ2) is 8.55. The van der Waals surface area contributed by atoms with Crippen molar-refractivity contribution in [3.63, 3.8) is 0 Å². The first-order valence-corrected chi connectivity index (χ1v) is 8.02. The highest BCUT2D eigenvalue weighted by molar-refractivity contribution is 7.89. The van der Waals surface area contributed by atoms with Crippen molar-refractivity contribution in [2.75, 3.05) is 40.0 Å². The number of halogens is 1. The summed E-state index contributed by atoms with van der Waals surface area (Å²) in [7, 11) is -1.94. The zero-order valence-corrected chi connectivity index (χ0v) is 13.5. The van der Waals surface area contributed by atoms with Crippen LogP contribution < -0.4 is 14.8 Å². The van der Waals surface area contributed by atoms with Crippen LogP contribution in [-0.4, -0.2) is 48.4 Å². The topological polar surface area (TPSA) is 76.7 Å². The number of methoxy groups -OCH3 is 1. The predicted molar refractivity (Wildman–Crippen MR) is 82.6 cm³/mol. The molecule has 1 atom stereocenters. The third kappa shape index (κ3) is 5.44. The molecule has 1 aromatic rings. The van der Waals surface area contributed by atoms with Crippen LogP contribution >= 0.6 is 12.4 Å². The second-order valence-corrected chi connectivity index (χ2v) is 6.44. The molecule has 1 fully saturated rings. The van der Waals surface area contributed by atoms with Gasteiger partial charge in [0.05, 0.1) is 25.2 Å². The van der Waals surface area contributed by atoms with Crippen LogP contribution in [0, 0.1) is 5.92 Å². The van der Waals surface area contributed by atoms with Gasteiger partial charge in [0.1, 0.15) is 5.75 Å². The van der Waals surface area contributed by atoms with E-state index in [-0.39, 0.29) is 23.2 Å². The van der Waals surface area contributed by atoms with Gasteiger partial charge in [-0.1, -0.05) is 0 Å². The van der Waals surface area contributed by atoms with Gasteiger partial charge in [-0.2, -0.15) is 0 Å². The van der Waals surface area contributed by atoms with E-state index in [0.717, 1.165) is 13.1 Å². The quantitative estimate of drug-likeness (QED) is 0.825. The Morgan fingerprint density at radius 1 is 1.38 bits per heavy atom. The molecule has 0 saturated carbocycles. The minimum Gasteiger partial charge on any atom is -0.497 e. The zero-order chi connectivity index (χ0) is 14.4. The normalized spacial score (nSPS) is 19.4. The average Bonchev–Trinajstić information content (AvgIpc) is 2.74. The van der Waals surface area contributed by atoms with E-state index >= 15 is 0 Å². The third-order valence-electron chi connectivity index (χ3n) is 3.14. The van der Waals surface area contributed by atoms with Gasteiger partial charge >= 0.3 is 0 Å². The fourth-order valence-electron chi connectivity index (χ4n) is 1.96. The first-order valence-electron chi connectivity index (χ1n) is 6.54. The van der Waals surface area contributed by atoms with Gasteiger partial charge in [0.25, 0.3) is 0 Å². The molecule has 0 amide bonds. The maximum Gasteiger partial charge on any atom is 0.240 e. The minimum absolute atomic E-state index is 0. The molecule has 0 radical (unpaired) electrons. The molecule has 21 heavy (non-hydrogen) atoms. The van der Waals surface area contributed by atoms with Gasteiger partial charge in [0.2, 0.25) is 10.0 Å². The van der Waals surface area contributed by atoms with Crippen molar-refractivity contribution in [3.8, 4) is 5.75 Å². The Labute approximate surface area is 131 Å². The molecule has 2 N–H and O–H groups in total. The molecule has 120 valence electrons. The number of hydrogen-bond acceptors (Lipinski definition) is 5. The number of rotatable bonds is 5. The van der Waals surface area contributed by atoms with Crippen molar-refractivity contribution in [2.45, 2.75) is 4.90 Å². The van der Waals surface area contributed by atoms with E-state index in [4.69, 9.17) is 9.47 Å². The van der Waals surface area contributed by atoms with Crippen LogP contribution in [0.15, 0.2) is 29.2 Å². The SMILES string of the molecule is COc1ccc(S(=O)(=O)NCC2CNCCOC2)cc1.Cl. The van der Waals surface area contributed by atoms with E-state index in [2.05, 4.69) is 10.0 Å². The average molecular weight is 337 g/mol. The lowest BCUT2D eigenvalue weighted by molar-refractivity contribution is 0.124. The maximum atomic E-state index is 12.1. The summed E-state index contributed by atoms with van der Waals surface area (Å²) >= 11 is 0. The molecule has 0 aliphatic carbocycles. The van der Waals surface area contributed by atoms with E-state index in [0.29, 0.717) is 25.5 Å². The molecule has 8 heteroatoms. The minimum atomic E-state index is -3.49. The molecule has 0 spiro atoms. The van der Waals surface area contributed by atoms with E-state index in [9.17, 15) is 8.42 Å². The van der Waals surface area contributed by atoms with Gasteiger partial charge in [-0.25, -0.2) is 13.1 Å². The summed E-state index contributed by atoms with van der Waals surface area (Å²) in [5.41, 5.74) is 0. The Morgan fingerprint density at radius 3 is 2.76 bits per heavy atom. The summed E-state index contributed by atoms with van der Waals surface area (Å²) in [5.74, 6) is 0.774. The highest BCUT2D eigenvalue weighted by Gasteiger charge is 2.18. The van der Waals surface area contributed by atoms with Crippen LogP contribution in [0.3, 0.4) is 0 Å². The van der Waals surface area contributed by atoms with Crippen LogP contribution in [0.1, 0.15) is 0 Å². The Morgan fingerprint density at radius 2 is 2.10 bits per heavy atom. The first kappa shape index (κ1) is 18.2. The van der Waals surface area contributed by atoms with Crippen molar-refractivity contribution in [1.82, 2.24) is 10.0 Å². The highest BCUT2D eigenvalue weighted by Crippen LogP contribution is 2.15. The first-order chi connectivity index (χ1) is 9.62. The number of nitrogens with one attached hydrogen (secondary N) is 2.